The number of amides is 1. The van der Waals surface area contributed by atoms with E-state index >= 15 is 0 Å². The van der Waals surface area contributed by atoms with Crippen molar-refractivity contribution in [3.8, 4) is 0 Å². The van der Waals surface area contributed by atoms with Gasteiger partial charge >= 0.3 is 6.09 Å². The second-order valence-corrected chi connectivity index (χ2v) is 10.4. The molecule has 0 aliphatic carbocycles. The molecule has 5 nitrogen and oxygen atoms in total. The van der Waals surface area contributed by atoms with Crippen LogP contribution in [0.2, 0.25) is 0 Å². The molecule has 1 aromatic rings. The fourth-order valence-corrected chi connectivity index (χ4v) is 4.93. The Morgan fingerprint density at radius 1 is 0.886 bits per heavy atom. The molecule has 1 aromatic heterocycles. The van der Waals surface area contributed by atoms with E-state index in [2.05, 4.69) is 11.9 Å². The summed E-state index contributed by atoms with van der Waals surface area (Å²) in [5, 5.41) is 0. The van der Waals surface area contributed by atoms with E-state index in [1.54, 1.807) is 18.1 Å². The van der Waals surface area contributed by atoms with Crippen LogP contribution in [0, 0.1) is 0 Å². The number of hydrogen-bond acceptors (Lipinski definition) is 4. The lowest BCUT2D eigenvalue weighted by Gasteiger charge is -2.19. The van der Waals surface area contributed by atoms with E-state index in [1.807, 2.05) is 18.2 Å². The first-order chi connectivity index (χ1) is 17.2. The maximum atomic E-state index is 12.2. The van der Waals surface area contributed by atoms with Gasteiger partial charge in [0.1, 0.15) is 6.61 Å². The van der Waals surface area contributed by atoms with Gasteiger partial charge in [-0.2, -0.15) is 0 Å². The van der Waals surface area contributed by atoms with E-state index in [0.717, 1.165) is 25.0 Å². The van der Waals surface area contributed by atoms with Crippen molar-refractivity contribution in [3.63, 3.8) is 0 Å². The Morgan fingerprint density at radius 3 is 2.03 bits per heavy atom. The fourth-order valence-electron chi connectivity index (χ4n) is 4.93. The zero-order valence-corrected chi connectivity index (χ0v) is 22.7. The Bertz CT molecular complexity index is 640. The van der Waals surface area contributed by atoms with E-state index in [9.17, 15) is 4.79 Å². The molecule has 0 saturated carbocycles. The second kappa shape index (κ2) is 19.6. The molecule has 1 aliphatic rings. The van der Waals surface area contributed by atoms with Gasteiger partial charge in [0.05, 0.1) is 24.4 Å². The van der Waals surface area contributed by atoms with Gasteiger partial charge in [-0.15, -0.1) is 0 Å². The predicted octanol–water partition coefficient (Wildman–Crippen LogP) is 8.46. The molecule has 1 amide bonds. The van der Waals surface area contributed by atoms with Gasteiger partial charge in [0.15, 0.2) is 0 Å². The molecule has 0 aromatic carbocycles. The summed E-state index contributed by atoms with van der Waals surface area (Å²) in [5.41, 5.74) is 0.854. The molecule has 35 heavy (non-hydrogen) atoms. The highest BCUT2D eigenvalue weighted by molar-refractivity contribution is 5.67. The minimum Gasteiger partial charge on any atom is -0.447 e. The monoisotopic (exact) mass is 488 g/mol. The van der Waals surface area contributed by atoms with Gasteiger partial charge in [-0.25, -0.2) is 4.79 Å². The molecule has 0 spiro atoms. The molecule has 1 saturated heterocycles. The highest BCUT2D eigenvalue weighted by atomic mass is 16.6. The van der Waals surface area contributed by atoms with Crippen molar-refractivity contribution in [1.82, 2.24) is 9.88 Å². The lowest BCUT2D eigenvalue weighted by atomic mass is 10.0. The van der Waals surface area contributed by atoms with Crippen molar-refractivity contribution in [1.29, 1.82) is 0 Å². The summed E-state index contributed by atoms with van der Waals surface area (Å²) < 4.78 is 11.6. The average molecular weight is 489 g/mol. The number of aromatic nitrogens is 1. The zero-order valence-electron chi connectivity index (χ0n) is 22.7. The van der Waals surface area contributed by atoms with Gasteiger partial charge in [-0.3, -0.25) is 4.98 Å². The second-order valence-electron chi connectivity index (χ2n) is 10.4. The van der Waals surface area contributed by atoms with E-state index in [0.29, 0.717) is 19.3 Å². The van der Waals surface area contributed by atoms with Crippen molar-refractivity contribution in [2.45, 2.75) is 141 Å². The minimum absolute atomic E-state index is 0.0449. The van der Waals surface area contributed by atoms with Gasteiger partial charge in [0.2, 0.25) is 0 Å². The summed E-state index contributed by atoms with van der Waals surface area (Å²) in [6.45, 7) is 3.09. The Labute approximate surface area is 215 Å². The summed E-state index contributed by atoms with van der Waals surface area (Å²) in [7, 11) is 1.74. The molecule has 5 heteroatoms. The first-order valence-electron chi connectivity index (χ1n) is 14.6. The topological polar surface area (TPSA) is 51.7 Å². The molecule has 0 unspecified atom stereocenters. The molecule has 2 heterocycles. The molecule has 1 aliphatic heterocycles. The number of carbonyl (C=O) groups is 1. The third kappa shape index (κ3) is 14.5. The minimum atomic E-state index is -0.315. The van der Waals surface area contributed by atoms with Crippen LogP contribution in [0.15, 0.2) is 24.4 Å². The number of unbranched alkanes of at least 4 members (excludes halogenated alkanes) is 14. The summed E-state index contributed by atoms with van der Waals surface area (Å²) in [5.74, 6) is 0. The fraction of sp³-hybridized carbons (Fsp3) is 0.800. The van der Waals surface area contributed by atoms with Crippen LogP contribution in [-0.4, -0.2) is 41.8 Å². The van der Waals surface area contributed by atoms with Crippen LogP contribution < -0.4 is 0 Å². The predicted molar refractivity (Wildman–Crippen MR) is 144 cm³/mol. The van der Waals surface area contributed by atoms with E-state index in [1.165, 1.54) is 96.3 Å². The van der Waals surface area contributed by atoms with Crippen molar-refractivity contribution in [3.05, 3.63) is 30.1 Å². The van der Waals surface area contributed by atoms with E-state index in [-0.39, 0.29) is 12.2 Å². The summed E-state index contributed by atoms with van der Waals surface area (Å²) >= 11 is 0. The number of carbonyl (C=O) groups excluding carboxylic acids is 1. The summed E-state index contributed by atoms with van der Waals surface area (Å²) in [6, 6.07) is 5.70. The zero-order chi connectivity index (χ0) is 25.0. The Balaban J connectivity index is 1.36. The van der Waals surface area contributed by atoms with Crippen LogP contribution >= 0.6 is 0 Å². The molecular weight excluding hydrogens is 436 g/mol. The van der Waals surface area contributed by atoms with Crippen LogP contribution in [0.4, 0.5) is 4.79 Å². The van der Waals surface area contributed by atoms with Crippen molar-refractivity contribution < 1.29 is 14.3 Å². The molecule has 0 N–H and O–H groups in total. The normalized spacial score (nSPS) is 17.5. The molecule has 2 rings (SSSR count). The Hall–Kier alpha value is -1.62. The Morgan fingerprint density at radius 2 is 1.46 bits per heavy atom. The van der Waals surface area contributed by atoms with Crippen molar-refractivity contribution in [2.75, 3.05) is 13.7 Å². The lowest BCUT2D eigenvalue weighted by Crippen LogP contribution is -2.30. The molecule has 200 valence electrons. The van der Waals surface area contributed by atoms with Gasteiger partial charge < -0.3 is 14.4 Å². The lowest BCUT2D eigenvalue weighted by molar-refractivity contribution is -0.00487. The van der Waals surface area contributed by atoms with Crippen LogP contribution in [-0.2, 0) is 16.0 Å². The van der Waals surface area contributed by atoms with Crippen LogP contribution in [0.3, 0.4) is 0 Å². The third-order valence-electron chi connectivity index (χ3n) is 7.15. The average Bonchev–Trinajstić information content (AvgIpc) is 3.33. The van der Waals surface area contributed by atoms with Gasteiger partial charge in [0.25, 0.3) is 0 Å². The summed E-state index contributed by atoms with van der Waals surface area (Å²) in [6.07, 6.45) is 26.0. The maximum Gasteiger partial charge on any atom is 0.409 e. The SMILES string of the molecule is CCCCCCCCCCCCCCCCC[C@@H]1CC[C@@H](COC(=O)N(C)Cc2ccccn2)O1. The highest BCUT2D eigenvalue weighted by Gasteiger charge is 2.26. The Kier molecular flexibility index (Phi) is 16.5. The largest absolute Gasteiger partial charge is 0.447 e. The third-order valence-corrected chi connectivity index (χ3v) is 7.15. The first-order valence-corrected chi connectivity index (χ1v) is 14.6. The summed E-state index contributed by atoms with van der Waals surface area (Å²) in [4.78, 5) is 18.0. The van der Waals surface area contributed by atoms with Crippen molar-refractivity contribution >= 4 is 6.09 Å². The number of ether oxygens (including phenoxy) is 2. The first kappa shape index (κ1) is 29.6. The number of rotatable bonds is 20. The molecule has 2 atom stereocenters. The molecular formula is C30H52N2O3. The molecule has 0 bridgehead atoms. The van der Waals surface area contributed by atoms with Gasteiger partial charge in [0, 0.05) is 13.2 Å². The van der Waals surface area contributed by atoms with Gasteiger partial charge in [-0.1, -0.05) is 109 Å². The van der Waals surface area contributed by atoms with E-state index < -0.39 is 0 Å². The quantitative estimate of drug-likeness (QED) is 0.173. The van der Waals surface area contributed by atoms with Crippen LogP contribution in [0.25, 0.3) is 0 Å². The van der Waals surface area contributed by atoms with Crippen molar-refractivity contribution in [2.24, 2.45) is 0 Å². The smallest absolute Gasteiger partial charge is 0.409 e. The van der Waals surface area contributed by atoms with Crippen LogP contribution in [0.1, 0.15) is 128 Å². The number of nitrogens with zero attached hydrogens (tertiary/aromatic N) is 2. The maximum absolute atomic E-state index is 12.2. The van der Waals surface area contributed by atoms with Crippen LogP contribution in [0.5, 0.6) is 0 Å². The standard InChI is InChI=1S/C30H52N2O3/c1-3-4-5-6-7-8-9-10-11-12-13-14-15-16-17-21-28-22-23-29(35-28)26-34-30(33)32(2)25-27-20-18-19-24-31-27/h18-20,24,28-29H,3-17,21-23,25-26H2,1-2H3/t28-,29+/m1/s1. The van der Waals surface area contributed by atoms with E-state index in [4.69, 9.17) is 9.47 Å². The van der Waals surface area contributed by atoms with Gasteiger partial charge in [-0.05, 0) is 31.4 Å². The number of hydrogen-bond donors (Lipinski definition) is 0. The molecule has 1 fully saturated rings. The molecule has 0 radical (unpaired) electrons. The highest BCUT2D eigenvalue weighted by Crippen LogP contribution is 2.25. The number of pyridine rings is 1.